The lowest BCUT2D eigenvalue weighted by Gasteiger charge is -2.10. The summed E-state index contributed by atoms with van der Waals surface area (Å²) < 4.78 is 5.58. The van der Waals surface area contributed by atoms with Crippen LogP contribution >= 0.6 is 0 Å². The molecular formula is C16H14N2O2. The van der Waals surface area contributed by atoms with Gasteiger partial charge in [-0.15, -0.1) is 0 Å². The van der Waals surface area contributed by atoms with Crippen LogP contribution in [0.3, 0.4) is 0 Å². The van der Waals surface area contributed by atoms with Crippen molar-refractivity contribution in [2.75, 3.05) is 6.61 Å². The van der Waals surface area contributed by atoms with Crippen LogP contribution < -0.4 is 4.74 Å². The third kappa shape index (κ3) is 1.77. The Morgan fingerprint density at radius 1 is 1.20 bits per heavy atom. The summed E-state index contributed by atoms with van der Waals surface area (Å²) in [5.74, 6) is 0.986. The first-order valence-corrected chi connectivity index (χ1v) is 6.67. The number of hydrogen-bond donors (Lipinski definition) is 2. The highest BCUT2D eigenvalue weighted by Gasteiger charge is 2.15. The van der Waals surface area contributed by atoms with Crippen LogP contribution in [0.4, 0.5) is 0 Å². The molecule has 1 atom stereocenters. The Morgan fingerprint density at radius 3 is 3.00 bits per heavy atom. The van der Waals surface area contributed by atoms with E-state index >= 15 is 0 Å². The van der Waals surface area contributed by atoms with Crippen molar-refractivity contribution in [1.82, 2.24) is 9.97 Å². The van der Waals surface area contributed by atoms with Crippen molar-refractivity contribution in [3.63, 3.8) is 0 Å². The minimum Gasteiger partial charge on any atom is -0.493 e. The second kappa shape index (κ2) is 4.35. The highest BCUT2D eigenvalue weighted by atomic mass is 16.5. The molecule has 1 aliphatic rings. The van der Waals surface area contributed by atoms with E-state index in [9.17, 15) is 5.11 Å². The van der Waals surface area contributed by atoms with E-state index in [2.05, 4.69) is 22.1 Å². The Labute approximate surface area is 116 Å². The summed E-state index contributed by atoms with van der Waals surface area (Å²) >= 11 is 0. The van der Waals surface area contributed by atoms with Crippen LogP contribution in [0.1, 0.15) is 22.9 Å². The molecule has 1 unspecified atom stereocenters. The minimum atomic E-state index is -0.675. The van der Waals surface area contributed by atoms with E-state index < -0.39 is 6.10 Å². The van der Waals surface area contributed by atoms with E-state index in [0.717, 1.165) is 35.1 Å². The van der Waals surface area contributed by atoms with E-state index in [-0.39, 0.29) is 0 Å². The monoisotopic (exact) mass is 266 g/mol. The smallest absolute Gasteiger partial charge is 0.123 e. The maximum absolute atomic E-state index is 10.3. The van der Waals surface area contributed by atoms with Gasteiger partial charge in [0.25, 0.3) is 0 Å². The number of benzene rings is 2. The summed E-state index contributed by atoms with van der Waals surface area (Å²) in [5, 5.41) is 12.6. The zero-order valence-corrected chi connectivity index (χ0v) is 10.8. The zero-order chi connectivity index (χ0) is 13.5. The van der Waals surface area contributed by atoms with Crippen LogP contribution in [0.15, 0.2) is 42.9 Å². The first kappa shape index (κ1) is 11.5. The SMILES string of the molecule is OC(c1ccc2cc3c(cc2c1)CCO3)c1cnc[nH]1. The maximum Gasteiger partial charge on any atom is 0.123 e. The van der Waals surface area contributed by atoms with E-state index in [1.807, 2.05) is 18.2 Å². The highest BCUT2D eigenvalue weighted by Crippen LogP contribution is 2.32. The van der Waals surface area contributed by atoms with E-state index in [4.69, 9.17) is 4.74 Å². The van der Waals surface area contributed by atoms with Gasteiger partial charge in [-0.3, -0.25) is 0 Å². The molecule has 3 aromatic rings. The molecule has 4 heteroatoms. The van der Waals surface area contributed by atoms with Crippen molar-refractivity contribution in [3.8, 4) is 5.75 Å². The topological polar surface area (TPSA) is 58.1 Å². The van der Waals surface area contributed by atoms with Crippen LogP contribution in [-0.2, 0) is 6.42 Å². The molecule has 0 saturated carbocycles. The zero-order valence-electron chi connectivity index (χ0n) is 10.8. The summed E-state index contributed by atoms with van der Waals surface area (Å²) in [7, 11) is 0. The molecule has 0 saturated heterocycles. The van der Waals surface area contributed by atoms with Crippen molar-refractivity contribution in [1.29, 1.82) is 0 Å². The summed E-state index contributed by atoms with van der Waals surface area (Å²) in [6.07, 6.45) is 3.50. The Bertz CT molecular complexity index is 765. The summed E-state index contributed by atoms with van der Waals surface area (Å²) in [5.41, 5.74) is 2.81. The van der Waals surface area contributed by atoms with Crippen molar-refractivity contribution < 1.29 is 9.84 Å². The second-order valence-corrected chi connectivity index (χ2v) is 5.07. The molecule has 1 aliphatic heterocycles. The molecule has 100 valence electrons. The van der Waals surface area contributed by atoms with Gasteiger partial charge in [-0.2, -0.15) is 0 Å². The molecule has 0 amide bonds. The van der Waals surface area contributed by atoms with Gasteiger partial charge >= 0.3 is 0 Å². The number of imidazole rings is 1. The minimum absolute atomic E-state index is 0.675. The highest BCUT2D eigenvalue weighted by molar-refractivity contribution is 5.86. The molecule has 4 rings (SSSR count). The Morgan fingerprint density at radius 2 is 2.15 bits per heavy atom. The average Bonchev–Trinajstić information content (AvgIpc) is 3.14. The fourth-order valence-electron chi connectivity index (χ4n) is 2.71. The van der Waals surface area contributed by atoms with Gasteiger partial charge in [0, 0.05) is 6.42 Å². The number of fused-ring (bicyclic) bond motifs is 2. The van der Waals surface area contributed by atoms with Gasteiger partial charge in [-0.05, 0) is 40.1 Å². The van der Waals surface area contributed by atoms with Gasteiger partial charge in [0.05, 0.1) is 24.8 Å². The Kier molecular flexibility index (Phi) is 2.50. The predicted molar refractivity (Wildman–Crippen MR) is 75.8 cm³/mol. The van der Waals surface area contributed by atoms with E-state index in [1.54, 1.807) is 12.5 Å². The van der Waals surface area contributed by atoms with Crippen LogP contribution in [0.25, 0.3) is 10.8 Å². The molecule has 0 aliphatic carbocycles. The summed E-state index contributed by atoms with van der Waals surface area (Å²) in [6, 6.07) is 10.2. The normalized spacial score (nSPS) is 15.1. The van der Waals surface area contributed by atoms with E-state index in [0.29, 0.717) is 5.69 Å². The largest absolute Gasteiger partial charge is 0.493 e. The van der Waals surface area contributed by atoms with Crippen molar-refractivity contribution in [2.45, 2.75) is 12.5 Å². The molecule has 20 heavy (non-hydrogen) atoms. The molecule has 0 fully saturated rings. The Hall–Kier alpha value is -2.33. The number of aliphatic hydroxyl groups excluding tert-OH is 1. The molecule has 0 radical (unpaired) electrons. The standard InChI is InChI=1S/C16H14N2O2/c19-16(14-8-17-9-18-14)12-2-1-10-7-15-11(3-4-20-15)5-13(10)6-12/h1-2,5-9,16,19H,3-4H2,(H,17,18). The van der Waals surface area contributed by atoms with Crippen molar-refractivity contribution in [2.24, 2.45) is 0 Å². The molecular weight excluding hydrogens is 252 g/mol. The quantitative estimate of drug-likeness (QED) is 0.749. The lowest BCUT2D eigenvalue weighted by Crippen LogP contribution is -1.99. The number of nitrogens with zero attached hydrogens (tertiary/aromatic N) is 1. The lowest BCUT2D eigenvalue weighted by atomic mass is 9.99. The Balaban J connectivity index is 1.80. The maximum atomic E-state index is 10.3. The van der Waals surface area contributed by atoms with Crippen molar-refractivity contribution in [3.05, 3.63) is 59.7 Å². The number of aliphatic hydroxyl groups is 1. The van der Waals surface area contributed by atoms with Gasteiger partial charge in [-0.25, -0.2) is 4.98 Å². The second-order valence-electron chi connectivity index (χ2n) is 5.07. The number of rotatable bonds is 2. The van der Waals surface area contributed by atoms with Crippen molar-refractivity contribution >= 4 is 10.8 Å². The molecule has 2 aromatic carbocycles. The van der Waals surface area contributed by atoms with E-state index in [1.165, 1.54) is 5.56 Å². The van der Waals surface area contributed by atoms with Crippen LogP contribution in [0.2, 0.25) is 0 Å². The molecule has 2 N–H and O–H groups in total. The first-order chi connectivity index (χ1) is 9.81. The van der Waals surface area contributed by atoms with Gasteiger partial charge in [0.1, 0.15) is 11.9 Å². The first-order valence-electron chi connectivity index (χ1n) is 6.67. The van der Waals surface area contributed by atoms with Gasteiger partial charge in [0.2, 0.25) is 0 Å². The number of aromatic amines is 1. The average molecular weight is 266 g/mol. The van der Waals surface area contributed by atoms with Gasteiger partial charge in [-0.1, -0.05) is 12.1 Å². The molecule has 0 spiro atoms. The fourth-order valence-corrected chi connectivity index (χ4v) is 2.71. The number of aromatic nitrogens is 2. The third-order valence-electron chi connectivity index (χ3n) is 3.80. The molecule has 1 aromatic heterocycles. The van der Waals surface area contributed by atoms with Crippen LogP contribution in [-0.4, -0.2) is 21.7 Å². The molecule has 2 heterocycles. The number of hydrogen-bond acceptors (Lipinski definition) is 3. The lowest BCUT2D eigenvalue weighted by molar-refractivity contribution is 0.216. The van der Waals surface area contributed by atoms with Crippen LogP contribution in [0, 0.1) is 0 Å². The number of ether oxygens (including phenoxy) is 1. The summed E-state index contributed by atoms with van der Waals surface area (Å²) in [4.78, 5) is 6.89. The predicted octanol–water partition coefficient (Wildman–Crippen LogP) is 2.58. The van der Waals surface area contributed by atoms with Crippen LogP contribution in [0.5, 0.6) is 5.75 Å². The molecule has 4 nitrogen and oxygen atoms in total. The van der Waals surface area contributed by atoms with Gasteiger partial charge < -0.3 is 14.8 Å². The van der Waals surface area contributed by atoms with Gasteiger partial charge in [0.15, 0.2) is 0 Å². The third-order valence-corrected chi connectivity index (χ3v) is 3.80. The molecule has 0 bridgehead atoms. The summed E-state index contributed by atoms with van der Waals surface area (Å²) in [6.45, 7) is 0.759. The number of nitrogens with one attached hydrogen (secondary N) is 1. The fraction of sp³-hybridized carbons (Fsp3) is 0.188. The number of H-pyrrole nitrogens is 1.